The number of amides is 1. The summed E-state index contributed by atoms with van der Waals surface area (Å²) in [6.45, 7) is 2.01. The van der Waals surface area contributed by atoms with Crippen LogP contribution < -0.4 is 9.47 Å². The smallest absolute Gasteiger partial charge is 0.227 e. The Hall–Kier alpha value is -1.75. The van der Waals surface area contributed by atoms with Gasteiger partial charge in [0.2, 0.25) is 5.91 Å². The molecule has 2 saturated heterocycles. The van der Waals surface area contributed by atoms with Gasteiger partial charge in [0.15, 0.2) is 0 Å². The lowest BCUT2D eigenvalue weighted by molar-refractivity contribution is -0.132. The number of likely N-dealkylation sites (N-methyl/N-ethyl adjacent to an activating group) is 1. The molecule has 24 heavy (non-hydrogen) atoms. The Balaban J connectivity index is 1.77. The molecule has 1 amide bonds. The van der Waals surface area contributed by atoms with E-state index in [9.17, 15) is 4.79 Å². The number of methoxy groups -OCH3 is 2. The van der Waals surface area contributed by atoms with Crippen molar-refractivity contribution in [2.45, 2.75) is 44.2 Å². The summed E-state index contributed by atoms with van der Waals surface area (Å²) < 4.78 is 10.9. The molecule has 0 saturated carbocycles. The van der Waals surface area contributed by atoms with Gasteiger partial charge in [-0.1, -0.05) is 6.07 Å². The van der Waals surface area contributed by atoms with Gasteiger partial charge in [-0.05, 0) is 51.4 Å². The van der Waals surface area contributed by atoms with Gasteiger partial charge in [0.25, 0.3) is 0 Å². The quantitative estimate of drug-likeness (QED) is 0.830. The first-order valence-electron chi connectivity index (χ1n) is 8.85. The molecule has 0 aromatic heterocycles. The van der Waals surface area contributed by atoms with Gasteiger partial charge in [0.1, 0.15) is 11.5 Å². The van der Waals surface area contributed by atoms with Crippen molar-refractivity contribution in [2.24, 2.45) is 0 Å². The summed E-state index contributed by atoms with van der Waals surface area (Å²) in [4.78, 5) is 17.5. The molecule has 1 aromatic carbocycles. The van der Waals surface area contributed by atoms with Crippen molar-refractivity contribution in [1.29, 1.82) is 0 Å². The number of benzene rings is 1. The van der Waals surface area contributed by atoms with Crippen LogP contribution >= 0.6 is 0 Å². The first-order chi connectivity index (χ1) is 11.7. The summed E-state index contributed by atoms with van der Waals surface area (Å²) in [5.74, 6) is 1.62. The number of carbonyl (C=O) groups excluding carboxylic acids is 1. The van der Waals surface area contributed by atoms with Crippen LogP contribution in [0.1, 0.15) is 31.2 Å². The van der Waals surface area contributed by atoms with Crippen molar-refractivity contribution in [3.05, 3.63) is 23.8 Å². The van der Waals surface area contributed by atoms with E-state index in [0.29, 0.717) is 18.5 Å². The third-order valence-corrected chi connectivity index (χ3v) is 5.50. The van der Waals surface area contributed by atoms with Crippen molar-refractivity contribution in [2.75, 3.05) is 34.4 Å². The van der Waals surface area contributed by atoms with E-state index in [1.807, 2.05) is 18.2 Å². The molecule has 2 unspecified atom stereocenters. The molecule has 5 nitrogen and oxygen atoms in total. The zero-order chi connectivity index (χ0) is 17.1. The Morgan fingerprint density at radius 2 is 1.71 bits per heavy atom. The fourth-order valence-corrected chi connectivity index (χ4v) is 4.28. The molecule has 2 aliphatic rings. The molecule has 2 heterocycles. The minimum absolute atomic E-state index is 0.181. The van der Waals surface area contributed by atoms with Crippen LogP contribution in [0.3, 0.4) is 0 Å². The highest BCUT2D eigenvalue weighted by atomic mass is 16.5. The fourth-order valence-electron chi connectivity index (χ4n) is 4.28. The van der Waals surface area contributed by atoms with Gasteiger partial charge >= 0.3 is 0 Å². The second kappa shape index (κ2) is 7.43. The van der Waals surface area contributed by atoms with E-state index in [1.165, 1.54) is 12.8 Å². The summed E-state index contributed by atoms with van der Waals surface area (Å²) >= 11 is 0. The molecule has 1 aromatic rings. The molecule has 0 N–H and O–H groups in total. The fraction of sp³-hybridized carbons (Fsp3) is 0.632. The van der Waals surface area contributed by atoms with Crippen LogP contribution in [0.5, 0.6) is 11.5 Å². The number of nitrogens with zero attached hydrogens (tertiary/aromatic N) is 2. The van der Waals surface area contributed by atoms with Crippen LogP contribution in [0.4, 0.5) is 0 Å². The second-order valence-corrected chi connectivity index (χ2v) is 6.80. The predicted octanol–water partition coefficient (Wildman–Crippen LogP) is 2.33. The van der Waals surface area contributed by atoms with Gasteiger partial charge in [-0.25, -0.2) is 0 Å². The molecule has 2 fully saturated rings. The van der Waals surface area contributed by atoms with E-state index >= 15 is 0 Å². The molecule has 0 spiro atoms. The van der Waals surface area contributed by atoms with Crippen LogP contribution in [0.25, 0.3) is 0 Å². The lowest BCUT2D eigenvalue weighted by Crippen LogP contribution is -2.47. The molecule has 2 aliphatic heterocycles. The Labute approximate surface area is 144 Å². The highest BCUT2D eigenvalue weighted by Gasteiger charge is 2.38. The summed E-state index contributed by atoms with van der Waals surface area (Å²) in [7, 11) is 5.45. The molecule has 0 aliphatic carbocycles. The predicted molar refractivity (Wildman–Crippen MR) is 93.6 cm³/mol. The molecule has 0 bridgehead atoms. The number of ether oxygens (including phenoxy) is 2. The third kappa shape index (κ3) is 3.22. The lowest BCUT2D eigenvalue weighted by Gasteiger charge is -2.33. The number of hydrogen-bond donors (Lipinski definition) is 0. The average Bonchev–Trinajstić information content (AvgIpc) is 3.23. The normalized spacial score (nSPS) is 24.4. The first kappa shape index (κ1) is 17.1. The van der Waals surface area contributed by atoms with Crippen LogP contribution in [-0.4, -0.2) is 62.1 Å². The van der Waals surface area contributed by atoms with E-state index in [1.54, 1.807) is 14.2 Å². The minimum atomic E-state index is 0.181. The van der Waals surface area contributed by atoms with Crippen molar-refractivity contribution < 1.29 is 14.3 Å². The summed E-state index contributed by atoms with van der Waals surface area (Å²) in [6, 6.07) is 6.52. The van der Waals surface area contributed by atoms with Crippen LogP contribution in [0.2, 0.25) is 0 Å². The SMILES string of the molecule is COc1cccc(OC)c1CC(=O)N1CCCC1C1CCCN1C. The first-order valence-corrected chi connectivity index (χ1v) is 8.85. The number of rotatable bonds is 5. The van der Waals surface area contributed by atoms with E-state index in [4.69, 9.17) is 9.47 Å². The Kier molecular flexibility index (Phi) is 5.29. The van der Waals surface area contributed by atoms with Gasteiger partial charge in [0, 0.05) is 24.2 Å². The maximum atomic E-state index is 13.0. The molecular formula is C19H28N2O3. The topological polar surface area (TPSA) is 42.0 Å². The van der Waals surface area contributed by atoms with Gasteiger partial charge in [-0.2, -0.15) is 0 Å². The van der Waals surface area contributed by atoms with E-state index in [-0.39, 0.29) is 5.91 Å². The molecule has 5 heteroatoms. The van der Waals surface area contributed by atoms with E-state index < -0.39 is 0 Å². The van der Waals surface area contributed by atoms with Crippen molar-refractivity contribution in [1.82, 2.24) is 9.80 Å². The zero-order valence-corrected chi connectivity index (χ0v) is 15.0. The molecule has 3 rings (SSSR count). The van der Waals surface area contributed by atoms with Crippen LogP contribution in [-0.2, 0) is 11.2 Å². The van der Waals surface area contributed by atoms with Crippen molar-refractivity contribution in [3.8, 4) is 11.5 Å². The molecular weight excluding hydrogens is 304 g/mol. The van der Waals surface area contributed by atoms with Crippen molar-refractivity contribution >= 4 is 5.91 Å². The lowest BCUT2D eigenvalue weighted by atomic mass is 10.0. The molecule has 2 atom stereocenters. The summed E-state index contributed by atoms with van der Waals surface area (Å²) in [5, 5.41) is 0. The van der Waals surface area contributed by atoms with Crippen molar-refractivity contribution in [3.63, 3.8) is 0 Å². The maximum absolute atomic E-state index is 13.0. The van der Waals surface area contributed by atoms with Gasteiger partial charge < -0.3 is 19.3 Å². The highest BCUT2D eigenvalue weighted by Crippen LogP contribution is 2.32. The highest BCUT2D eigenvalue weighted by molar-refractivity contribution is 5.81. The minimum Gasteiger partial charge on any atom is -0.496 e. The van der Waals surface area contributed by atoms with E-state index in [2.05, 4.69) is 16.8 Å². The Morgan fingerprint density at radius 3 is 2.29 bits per heavy atom. The number of likely N-dealkylation sites (tertiary alicyclic amines) is 2. The standard InChI is InChI=1S/C19H28N2O3/c1-20-11-5-7-15(20)16-8-6-12-21(16)19(22)13-14-17(23-2)9-4-10-18(14)24-3/h4,9-10,15-16H,5-8,11-13H2,1-3H3. The monoisotopic (exact) mass is 332 g/mol. The molecule has 0 radical (unpaired) electrons. The largest absolute Gasteiger partial charge is 0.496 e. The third-order valence-electron chi connectivity index (χ3n) is 5.50. The molecule has 132 valence electrons. The maximum Gasteiger partial charge on any atom is 0.227 e. The van der Waals surface area contributed by atoms with Gasteiger partial charge in [-0.15, -0.1) is 0 Å². The zero-order valence-electron chi connectivity index (χ0n) is 15.0. The Bertz CT molecular complexity index is 568. The second-order valence-electron chi connectivity index (χ2n) is 6.80. The van der Waals surface area contributed by atoms with Gasteiger partial charge in [0.05, 0.1) is 20.6 Å². The Morgan fingerprint density at radius 1 is 1.08 bits per heavy atom. The van der Waals surface area contributed by atoms with Crippen LogP contribution in [0.15, 0.2) is 18.2 Å². The average molecular weight is 332 g/mol. The van der Waals surface area contributed by atoms with E-state index in [0.717, 1.165) is 43.0 Å². The van der Waals surface area contributed by atoms with Crippen LogP contribution in [0, 0.1) is 0 Å². The summed E-state index contributed by atoms with van der Waals surface area (Å²) in [5.41, 5.74) is 0.845. The van der Waals surface area contributed by atoms with Gasteiger partial charge in [-0.3, -0.25) is 4.79 Å². The number of carbonyl (C=O) groups is 1. The number of hydrogen-bond acceptors (Lipinski definition) is 4. The summed E-state index contributed by atoms with van der Waals surface area (Å²) in [6.07, 6.45) is 4.98.